The summed E-state index contributed by atoms with van der Waals surface area (Å²) in [5.74, 6) is -3.35. The topological polar surface area (TPSA) is 133 Å². The molecule has 0 spiro atoms. The smallest absolute Gasteiger partial charge is 0.337 e. The molecule has 0 amide bonds. The number of ether oxygens (including phenoxy) is 2. The Bertz CT molecular complexity index is 1320. The number of ketones is 2. The van der Waals surface area contributed by atoms with E-state index in [4.69, 9.17) is 9.47 Å². The zero-order valence-electron chi connectivity index (χ0n) is 19.7. The van der Waals surface area contributed by atoms with Gasteiger partial charge in [0.05, 0.1) is 36.7 Å². The number of carbonyl (C=O) groups is 4. The van der Waals surface area contributed by atoms with Crippen LogP contribution in [0.4, 0.5) is 0 Å². The maximum Gasteiger partial charge on any atom is 0.337 e. The van der Waals surface area contributed by atoms with E-state index >= 15 is 0 Å². The lowest BCUT2D eigenvalue weighted by molar-refractivity contribution is -0.158. The molecule has 1 aromatic heterocycles. The number of nitrogens with zero attached hydrogens (tertiary/aromatic N) is 2. The normalized spacial score (nSPS) is 13.8. The second-order valence-electron chi connectivity index (χ2n) is 8.23. The summed E-state index contributed by atoms with van der Waals surface area (Å²) in [5.41, 5.74) is 0.00372. The molecule has 178 valence electrons. The predicted octanol–water partition coefficient (Wildman–Crippen LogP) is 3.40. The van der Waals surface area contributed by atoms with Crippen LogP contribution in [-0.4, -0.2) is 52.8 Å². The Morgan fingerprint density at radius 1 is 1.03 bits per heavy atom. The van der Waals surface area contributed by atoms with Crippen molar-refractivity contribution in [3.63, 3.8) is 0 Å². The van der Waals surface area contributed by atoms with Gasteiger partial charge in [0.2, 0.25) is 0 Å². The highest BCUT2D eigenvalue weighted by Gasteiger charge is 2.46. The molecule has 1 N–H and O–H groups in total. The lowest BCUT2D eigenvalue weighted by Gasteiger charge is -2.28. The fourth-order valence-corrected chi connectivity index (χ4v) is 4.08. The number of Topliss-reactive ketones (excluding diaryl/α,β-unsaturated/α-hetero) is 2. The van der Waals surface area contributed by atoms with Crippen molar-refractivity contribution in [2.24, 2.45) is 11.3 Å². The molecular formula is C25H26N2O7. The fraction of sp³-hybridized carbons (Fsp3) is 0.360. The molecule has 0 bridgehead atoms. The van der Waals surface area contributed by atoms with E-state index in [1.807, 2.05) is 0 Å². The number of aromatic carboxylic acids is 1. The largest absolute Gasteiger partial charge is 0.494 e. The van der Waals surface area contributed by atoms with Gasteiger partial charge in [-0.25, -0.2) is 14.8 Å². The van der Waals surface area contributed by atoms with Crippen LogP contribution in [0.1, 0.15) is 43.1 Å². The summed E-state index contributed by atoms with van der Waals surface area (Å²) in [6, 6.07) is 7.91. The molecule has 3 aromatic rings. The van der Waals surface area contributed by atoms with E-state index in [9.17, 15) is 24.3 Å². The number of esters is 1. The molecule has 2 atom stereocenters. The quantitative estimate of drug-likeness (QED) is 0.286. The van der Waals surface area contributed by atoms with Crippen LogP contribution in [0.2, 0.25) is 0 Å². The minimum Gasteiger partial charge on any atom is -0.494 e. The average Bonchev–Trinajstić information content (AvgIpc) is 2.85. The highest BCUT2D eigenvalue weighted by molar-refractivity contribution is 6.13. The predicted molar refractivity (Wildman–Crippen MR) is 124 cm³/mol. The minimum absolute atomic E-state index is 0.0131. The summed E-state index contributed by atoms with van der Waals surface area (Å²) >= 11 is 0. The molecule has 0 aliphatic carbocycles. The molecule has 34 heavy (non-hydrogen) atoms. The van der Waals surface area contributed by atoms with E-state index in [0.29, 0.717) is 27.9 Å². The van der Waals surface area contributed by atoms with Crippen LogP contribution >= 0.6 is 0 Å². The fourth-order valence-electron chi connectivity index (χ4n) is 4.08. The minimum atomic E-state index is -1.65. The van der Waals surface area contributed by atoms with E-state index in [1.54, 1.807) is 31.2 Å². The number of carboxylic acid groups (broad SMARTS) is 1. The first-order chi connectivity index (χ1) is 16.1. The third kappa shape index (κ3) is 4.21. The van der Waals surface area contributed by atoms with Crippen molar-refractivity contribution in [3.05, 3.63) is 41.5 Å². The maximum absolute atomic E-state index is 13.3. The van der Waals surface area contributed by atoms with Crippen molar-refractivity contribution in [1.29, 1.82) is 0 Å². The van der Waals surface area contributed by atoms with Crippen LogP contribution in [0.15, 0.2) is 30.3 Å². The zero-order valence-corrected chi connectivity index (χ0v) is 19.7. The number of methoxy groups -OCH3 is 2. The Kier molecular flexibility index (Phi) is 6.95. The first-order valence-corrected chi connectivity index (χ1v) is 10.7. The summed E-state index contributed by atoms with van der Waals surface area (Å²) in [6.07, 6.45) is 0.0676. The van der Waals surface area contributed by atoms with Crippen molar-refractivity contribution < 1.29 is 33.8 Å². The van der Waals surface area contributed by atoms with Gasteiger partial charge < -0.3 is 14.6 Å². The van der Waals surface area contributed by atoms with Crippen molar-refractivity contribution in [1.82, 2.24) is 9.97 Å². The van der Waals surface area contributed by atoms with Crippen LogP contribution < -0.4 is 4.74 Å². The molecule has 0 fully saturated rings. The van der Waals surface area contributed by atoms with Crippen molar-refractivity contribution in [2.75, 3.05) is 14.2 Å². The summed E-state index contributed by atoms with van der Waals surface area (Å²) < 4.78 is 10.4. The third-order valence-electron chi connectivity index (χ3n) is 6.07. The first-order valence-electron chi connectivity index (χ1n) is 10.7. The van der Waals surface area contributed by atoms with Gasteiger partial charge in [-0.3, -0.25) is 14.4 Å². The standard InChI is InChI=1S/C25H26N2O7/c1-6-17(28)13(2)22(29)25(3,24(32)34-5)12-14-10-11-18(33-4)21-19(14)26-16-9-7-8-15(23(30)31)20(16)27-21/h7-11,13H,6,12H2,1-5H3,(H,30,31)/t13-,25-/m1/s1. The van der Waals surface area contributed by atoms with E-state index in [-0.39, 0.29) is 29.7 Å². The maximum atomic E-state index is 13.3. The number of benzene rings is 2. The summed E-state index contributed by atoms with van der Waals surface area (Å²) in [7, 11) is 2.64. The monoisotopic (exact) mass is 466 g/mol. The molecule has 2 aromatic carbocycles. The van der Waals surface area contributed by atoms with Crippen LogP contribution in [0.25, 0.3) is 22.1 Å². The van der Waals surface area contributed by atoms with E-state index in [0.717, 1.165) is 0 Å². The van der Waals surface area contributed by atoms with Crippen molar-refractivity contribution in [2.45, 2.75) is 33.6 Å². The average molecular weight is 466 g/mol. The molecule has 0 radical (unpaired) electrons. The van der Waals surface area contributed by atoms with E-state index in [1.165, 1.54) is 34.1 Å². The van der Waals surface area contributed by atoms with Gasteiger partial charge in [0.25, 0.3) is 0 Å². The van der Waals surface area contributed by atoms with Gasteiger partial charge in [-0.15, -0.1) is 0 Å². The van der Waals surface area contributed by atoms with Gasteiger partial charge in [0.15, 0.2) is 5.78 Å². The van der Waals surface area contributed by atoms with Gasteiger partial charge in [0.1, 0.15) is 28.0 Å². The van der Waals surface area contributed by atoms with Gasteiger partial charge in [0, 0.05) is 6.42 Å². The Morgan fingerprint density at radius 2 is 1.74 bits per heavy atom. The van der Waals surface area contributed by atoms with Gasteiger partial charge >= 0.3 is 11.9 Å². The van der Waals surface area contributed by atoms with Crippen LogP contribution in [0, 0.1) is 11.3 Å². The Morgan fingerprint density at radius 3 is 2.32 bits per heavy atom. The first kappa shape index (κ1) is 24.8. The lowest BCUT2D eigenvalue weighted by atomic mass is 9.74. The second kappa shape index (κ2) is 9.54. The number of para-hydroxylation sites is 1. The summed E-state index contributed by atoms with van der Waals surface area (Å²) in [5, 5.41) is 9.54. The number of aromatic nitrogens is 2. The van der Waals surface area contributed by atoms with Crippen molar-refractivity contribution >= 4 is 45.6 Å². The Labute approximate surface area is 196 Å². The van der Waals surface area contributed by atoms with E-state index in [2.05, 4.69) is 9.97 Å². The van der Waals surface area contributed by atoms with Crippen LogP contribution in [0.3, 0.4) is 0 Å². The molecule has 9 heteroatoms. The van der Waals surface area contributed by atoms with Gasteiger partial charge in [-0.2, -0.15) is 0 Å². The summed E-state index contributed by atoms with van der Waals surface area (Å²) in [4.78, 5) is 59.2. The second-order valence-corrected chi connectivity index (χ2v) is 8.23. The lowest BCUT2D eigenvalue weighted by Crippen LogP contribution is -2.44. The molecule has 0 saturated heterocycles. The molecule has 0 aliphatic rings. The van der Waals surface area contributed by atoms with Gasteiger partial charge in [-0.05, 0) is 44.0 Å². The number of carboxylic acids is 1. The van der Waals surface area contributed by atoms with Crippen LogP contribution in [-0.2, 0) is 25.5 Å². The third-order valence-corrected chi connectivity index (χ3v) is 6.07. The SMILES string of the molecule is CCC(=O)[C@@H](C)C(=O)[C@@](C)(Cc1ccc(OC)c2nc3c(C(=O)O)cccc3nc12)C(=O)OC. The molecule has 0 aliphatic heterocycles. The highest BCUT2D eigenvalue weighted by atomic mass is 16.5. The molecule has 0 unspecified atom stereocenters. The molecule has 3 rings (SSSR count). The molecule has 1 heterocycles. The number of hydrogen-bond acceptors (Lipinski definition) is 8. The number of rotatable bonds is 9. The van der Waals surface area contributed by atoms with Crippen molar-refractivity contribution in [3.8, 4) is 5.75 Å². The Hall–Kier alpha value is -3.88. The summed E-state index contributed by atoms with van der Waals surface area (Å²) in [6.45, 7) is 4.60. The van der Waals surface area contributed by atoms with Crippen LogP contribution in [0.5, 0.6) is 5.75 Å². The number of fused-ring (bicyclic) bond motifs is 2. The molecule has 9 nitrogen and oxygen atoms in total. The number of hydrogen-bond donors (Lipinski definition) is 1. The highest BCUT2D eigenvalue weighted by Crippen LogP contribution is 2.35. The Balaban J connectivity index is 2.25. The van der Waals surface area contributed by atoms with Gasteiger partial charge in [-0.1, -0.05) is 19.1 Å². The molecular weight excluding hydrogens is 440 g/mol. The molecule has 0 saturated carbocycles. The van der Waals surface area contributed by atoms with E-state index < -0.39 is 29.1 Å². The number of carbonyl (C=O) groups excluding carboxylic acids is 3. The zero-order chi connectivity index (χ0) is 25.2.